The number of hydrogen-bond acceptors (Lipinski definition) is 2. The molecule has 1 aliphatic rings. The van der Waals surface area contributed by atoms with E-state index in [9.17, 15) is 4.39 Å². The number of guanidine groups is 1. The van der Waals surface area contributed by atoms with Gasteiger partial charge < -0.3 is 15.4 Å². The quantitative estimate of drug-likeness (QED) is 0.383. The minimum absolute atomic E-state index is 0. The summed E-state index contributed by atoms with van der Waals surface area (Å²) in [5.41, 5.74) is 1.12. The van der Waals surface area contributed by atoms with Crippen molar-refractivity contribution in [2.24, 2.45) is 16.3 Å². The van der Waals surface area contributed by atoms with Crippen LogP contribution in [0.3, 0.4) is 0 Å². The Balaban J connectivity index is 0.00000338. The molecule has 1 aliphatic heterocycles. The van der Waals surface area contributed by atoms with Gasteiger partial charge in [-0.25, -0.2) is 4.39 Å². The first-order chi connectivity index (χ1) is 11.9. The lowest BCUT2D eigenvalue weighted by Crippen LogP contribution is -2.47. The lowest BCUT2D eigenvalue weighted by atomic mass is 9.78. The molecule has 2 rings (SSSR count). The molecule has 0 spiro atoms. The van der Waals surface area contributed by atoms with E-state index < -0.39 is 0 Å². The Morgan fingerprint density at radius 3 is 2.73 bits per heavy atom. The predicted molar refractivity (Wildman–Crippen MR) is 117 cm³/mol. The Hall–Kier alpha value is -0.890. The van der Waals surface area contributed by atoms with E-state index in [2.05, 4.69) is 36.4 Å². The van der Waals surface area contributed by atoms with Crippen LogP contribution in [0, 0.1) is 17.2 Å². The Labute approximate surface area is 174 Å². The zero-order valence-corrected chi connectivity index (χ0v) is 18.7. The van der Waals surface area contributed by atoms with Crippen molar-refractivity contribution < 1.29 is 9.13 Å². The Kier molecular flexibility index (Phi) is 9.85. The number of rotatable bonds is 5. The summed E-state index contributed by atoms with van der Waals surface area (Å²) in [7, 11) is 1.77. The second kappa shape index (κ2) is 11.1. The number of nitrogens with zero attached hydrogens (tertiary/aromatic N) is 1. The van der Waals surface area contributed by atoms with Crippen molar-refractivity contribution in [2.75, 3.05) is 26.7 Å². The third-order valence-electron chi connectivity index (χ3n) is 4.65. The first-order valence-electron chi connectivity index (χ1n) is 9.20. The van der Waals surface area contributed by atoms with E-state index in [-0.39, 0.29) is 41.3 Å². The summed E-state index contributed by atoms with van der Waals surface area (Å²) >= 11 is 0. The van der Waals surface area contributed by atoms with Gasteiger partial charge in [-0.1, -0.05) is 32.9 Å². The smallest absolute Gasteiger partial charge is 0.190 e. The van der Waals surface area contributed by atoms with Crippen LogP contribution < -0.4 is 10.6 Å². The number of nitrogens with one attached hydrogen (secondary N) is 2. The third-order valence-corrected chi connectivity index (χ3v) is 4.65. The molecule has 0 radical (unpaired) electrons. The van der Waals surface area contributed by atoms with E-state index >= 15 is 0 Å². The maximum atomic E-state index is 13.2. The lowest BCUT2D eigenvalue weighted by Gasteiger charge is -2.40. The molecule has 2 atom stereocenters. The van der Waals surface area contributed by atoms with Crippen LogP contribution >= 0.6 is 24.0 Å². The van der Waals surface area contributed by atoms with E-state index in [4.69, 9.17) is 4.74 Å². The summed E-state index contributed by atoms with van der Waals surface area (Å²) in [4.78, 5) is 4.29. The summed E-state index contributed by atoms with van der Waals surface area (Å²) in [6.07, 6.45) is 3.31. The van der Waals surface area contributed by atoms with Gasteiger partial charge in [0.25, 0.3) is 0 Å². The van der Waals surface area contributed by atoms with E-state index in [1.807, 2.05) is 6.07 Å². The molecule has 2 unspecified atom stereocenters. The molecule has 1 saturated heterocycles. The standard InChI is InChI=1S/C20H32FN3O.HI/c1-20(2,3)18-16(8-6-12-25-18)14-24-19(22-4)23-11-10-15-7-5-9-17(21)13-15;/h5,7,9,13,16,18H,6,8,10-12,14H2,1-4H3,(H2,22,23,24);1H. The highest BCUT2D eigenvalue weighted by Gasteiger charge is 2.35. The molecule has 1 heterocycles. The number of ether oxygens (including phenoxy) is 1. The number of hydrogen-bond donors (Lipinski definition) is 2. The SMILES string of the molecule is CN=C(NCCc1cccc(F)c1)NCC1CCCOC1C(C)(C)C.I. The van der Waals surface area contributed by atoms with Gasteiger partial charge in [-0.15, -0.1) is 24.0 Å². The van der Waals surface area contributed by atoms with Crippen molar-refractivity contribution in [2.45, 2.75) is 46.1 Å². The van der Waals surface area contributed by atoms with Crippen LogP contribution in [0.1, 0.15) is 39.2 Å². The zero-order chi connectivity index (χ0) is 18.3. The van der Waals surface area contributed by atoms with Gasteiger partial charge in [0.15, 0.2) is 5.96 Å². The largest absolute Gasteiger partial charge is 0.377 e. The Bertz CT molecular complexity index is 574. The minimum Gasteiger partial charge on any atom is -0.377 e. The van der Waals surface area contributed by atoms with Crippen molar-refractivity contribution >= 4 is 29.9 Å². The molecule has 1 fully saturated rings. The molecule has 6 heteroatoms. The number of halogens is 2. The van der Waals surface area contributed by atoms with E-state index in [1.54, 1.807) is 19.2 Å². The van der Waals surface area contributed by atoms with Crippen molar-refractivity contribution in [3.05, 3.63) is 35.6 Å². The van der Waals surface area contributed by atoms with Crippen molar-refractivity contribution in [3.8, 4) is 0 Å². The molecule has 0 saturated carbocycles. The Morgan fingerprint density at radius 1 is 1.31 bits per heavy atom. The molecule has 148 valence electrons. The average molecular weight is 477 g/mol. The van der Waals surface area contributed by atoms with E-state index in [0.29, 0.717) is 12.5 Å². The molecule has 4 nitrogen and oxygen atoms in total. The van der Waals surface area contributed by atoms with Crippen molar-refractivity contribution in [1.29, 1.82) is 0 Å². The minimum atomic E-state index is -0.189. The molecule has 0 aromatic heterocycles. The topological polar surface area (TPSA) is 45.7 Å². The summed E-state index contributed by atoms with van der Waals surface area (Å²) in [6, 6.07) is 6.72. The van der Waals surface area contributed by atoms with E-state index in [0.717, 1.165) is 37.5 Å². The summed E-state index contributed by atoms with van der Waals surface area (Å²) in [5.74, 6) is 1.08. The van der Waals surface area contributed by atoms with Gasteiger partial charge in [0.05, 0.1) is 6.10 Å². The first-order valence-corrected chi connectivity index (χ1v) is 9.20. The molecule has 1 aromatic carbocycles. The van der Waals surface area contributed by atoms with Gasteiger partial charge in [0, 0.05) is 32.7 Å². The third kappa shape index (κ3) is 7.39. The zero-order valence-electron chi connectivity index (χ0n) is 16.3. The van der Waals surface area contributed by atoms with Crippen molar-refractivity contribution in [3.63, 3.8) is 0 Å². The van der Waals surface area contributed by atoms with Crippen LogP contribution in [-0.4, -0.2) is 38.8 Å². The van der Waals surface area contributed by atoms with Crippen molar-refractivity contribution in [1.82, 2.24) is 10.6 Å². The van der Waals surface area contributed by atoms with Crippen LogP contribution in [-0.2, 0) is 11.2 Å². The highest BCUT2D eigenvalue weighted by atomic mass is 127. The second-order valence-corrected chi connectivity index (χ2v) is 7.82. The first kappa shape index (κ1) is 23.1. The highest BCUT2D eigenvalue weighted by Crippen LogP contribution is 2.33. The molecule has 1 aromatic rings. The van der Waals surface area contributed by atoms with Crippen LogP contribution in [0.4, 0.5) is 4.39 Å². The number of benzene rings is 1. The monoisotopic (exact) mass is 477 g/mol. The molecule has 0 aliphatic carbocycles. The fourth-order valence-electron chi connectivity index (χ4n) is 3.48. The fraction of sp³-hybridized carbons (Fsp3) is 0.650. The molecular formula is C20H33FIN3O. The van der Waals surface area contributed by atoms with Crippen LogP contribution in [0.25, 0.3) is 0 Å². The molecular weight excluding hydrogens is 444 g/mol. The molecule has 0 bridgehead atoms. The van der Waals surface area contributed by atoms with Crippen LogP contribution in [0.5, 0.6) is 0 Å². The van der Waals surface area contributed by atoms with Crippen LogP contribution in [0.15, 0.2) is 29.3 Å². The maximum Gasteiger partial charge on any atom is 0.190 e. The molecule has 2 N–H and O–H groups in total. The fourth-order valence-corrected chi connectivity index (χ4v) is 3.48. The average Bonchev–Trinajstić information content (AvgIpc) is 2.57. The van der Waals surface area contributed by atoms with Gasteiger partial charge in [0.1, 0.15) is 5.82 Å². The molecule has 0 amide bonds. The van der Waals surface area contributed by atoms with Crippen LogP contribution in [0.2, 0.25) is 0 Å². The van der Waals surface area contributed by atoms with Gasteiger partial charge >= 0.3 is 0 Å². The van der Waals surface area contributed by atoms with Gasteiger partial charge in [-0.05, 0) is 42.4 Å². The number of aliphatic imine (C=N–C) groups is 1. The second-order valence-electron chi connectivity index (χ2n) is 7.82. The lowest BCUT2D eigenvalue weighted by molar-refractivity contribution is -0.0835. The summed E-state index contributed by atoms with van der Waals surface area (Å²) < 4.78 is 19.2. The summed E-state index contributed by atoms with van der Waals surface area (Å²) in [6.45, 7) is 9.14. The highest BCUT2D eigenvalue weighted by molar-refractivity contribution is 14.0. The van der Waals surface area contributed by atoms with E-state index in [1.165, 1.54) is 12.5 Å². The van der Waals surface area contributed by atoms with Gasteiger partial charge in [0.2, 0.25) is 0 Å². The molecule has 26 heavy (non-hydrogen) atoms. The maximum absolute atomic E-state index is 13.2. The predicted octanol–water partition coefficient (Wildman–Crippen LogP) is 3.99. The summed E-state index contributed by atoms with van der Waals surface area (Å²) in [5, 5.41) is 6.73. The van der Waals surface area contributed by atoms with Gasteiger partial charge in [-0.2, -0.15) is 0 Å². The Morgan fingerprint density at radius 2 is 2.08 bits per heavy atom. The van der Waals surface area contributed by atoms with Gasteiger partial charge in [-0.3, -0.25) is 4.99 Å². The normalized spacial score (nSPS) is 21.0.